The molecular formula is C12H25NO. The van der Waals surface area contributed by atoms with E-state index in [-0.39, 0.29) is 5.54 Å². The van der Waals surface area contributed by atoms with Crippen LogP contribution < -0.4 is 5.73 Å². The number of carbonyl (C=O) groups is 1. The van der Waals surface area contributed by atoms with Crippen LogP contribution in [0, 0.1) is 5.92 Å². The number of rotatable bonds is 7. The van der Waals surface area contributed by atoms with E-state index in [1.165, 1.54) is 0 Å². The van der Waals surface area contributed by atoms with Crippen molar-refractivity contribution < 1.29 is 4.79 Å². The molecule has 2 heteroatoms. The van der Waals surface area contributed by atoms with Crippen molar-refractivity contribution in [3.8, 4) is 0 Å². The number of carbonyl (C=O) groups excluding carboxylic acids is 1. The topological polar surface area (TPSA) is 43.1 Å². The first-order chi connectivity index (χ1) is 6.35. The van der Waals surface area contributed by atoms with E-state index in [4.69, 9.17) is 5.73 Å². The molecule has 0 spiro atoms. The van der Waals surface area contributed by atoms with Crippen molar-refractivity contribution in [2.24, 2.45) is 11.7 Å². The van der Waals surface area contributed by atoms with E-state index in [1.807, 2.05) is 13.8 Å². The lowest BCUT2D eigenvalue weighted by Crippen LogP contribution is -2.32. The van der Waals surface area contributed by atoms with E-state index >= 15 is 0 Å². The van der Waals surface area contributed by atoms with Crippen molar-refractivity contribution in [2.45, 2.75) is 65.3 Å². The van der Waals surface area contributed by atoms with Gasteiger partial charge in [-0.25, -0.2) is 0 Å². The van der Waals surface area contributed by atoms with Crippen LogP contribution >= 0.6 is 0 Å². The minimum Gasteiger partial charge on any atom is -0.326 e. The predicted octanol–water partition coefficient (Wildman–Crippen LogP) is 2.90. The average Bonchev–Trinajstić information content (AvgIpc) is 2.00. The number of nitrogens with two attached hydrogens (primary N) is 1. The maximum absolute atomic E-state index is 11.5. The zero-order valence-corrected chi connectivity index (χ0v) is 10.1. The lowest BCUT2D eigenvalue weighted by molar-refractivity contribution is -0.120. The Morgan fingerprint density at radius 3 is 2.43 bits per heavy atom. The van der Waals surface area contributed by atoms with Gasteiger partial charge in [0.1, 0.15) is 5.78 Å². The fourth-order valence-electron chi connectivity index (χ4n) is 1.55. The van der Waals surface area contributed by atoms with Gasteiger partial charge in [0.15, 0.2) is 0 Å². The molecule has 0 saturated heterocycles. The first-order valence-corrected chi connectivity index (χ1v) is 5.65. The molecule has 2 N–H and O–H groups in total. The number of hydrogen-bond donors (Lipinski definition) is 1. The highest BCUT2D eigenvalue weighted by Gasteiger charge is 2.14. The van der Waals surface area contributed by atoms with Gasteiger partial charge in [-0.05, 0) is 26.2 Å². The van der Waals surface area contributed by atoms with Gasteiger partial charge in [0.2, 0.25) is 0 Å². The molecule has 0 amide bonds. The Morgan fingerprint density at radius 1 is 1.43 bits per heavy atom. The van der Waals surface area contributed by atoms with Gasteiger partial charge in [-0.2, -0.15) is 0 Å². The van der Waals surface area contributed by atoms with Gasteiger partial charge in [-0.15, -0.1) is 0 Å². The molecular weight excluding hydrogens is 174 g/mol. The Kier molecular flexibility index (Phi) is 6.01. The van der Waals surface area contributed by atoms with Gasteiger partial charge in [0.05, 0.1) is 0 Å². The van der Waals surface area contributed by atoms with E-state index in [0.29, 0.717) is 18.1 Å². The molecule has 1 atom stereocenters. The summed E-state index contributed by atoms with van der Waals surface area (Å²) in [6.45, 7) is 8.24. The molecule has 0 aromatic carbocycles. The monoisotopic (exact) mass is 199 g/mol. The molecule has 0 aliphatic heterocycles. The number of Topliss-reactive ketones (excluding diaryl/α,β-unsaturated/α-hetero) is 1. The summed E-state index contributed by atoms with van der Waals surface area (Å²) in [7, 11) is 0. The largest absolute Gasteiger partial charge is 0.326 e. The summed E-state index contributed by atoms with van der Waals surface area (Å²) in [6.07, 6.45) is 4.47. The average molecular weight is 199 g/mol. The van der Waals surface area contributed by atoms with Gasteiger partial charge in [-0.1, -0.05) is 26.7 Å². The van der Waals surface area contributed by atoms with Crippen LogP contribution in [0.3, 0.4) is 0 Å². The SMILES string of the molecule is CCCC(C)CC(=O)CCC(C)(C)N. The molecule has 0 aromatic rings. The predicted molar refractivity (Wildman–Crippen MR) is 61.2 cm³/mol. The van der Waals surface area contributed by atoms with Crippen molar-refractivity contribution in [3.63, 3.8) is 0 Å². The normalized spacial score (nSPS) is 14.1. The van der Waals surface area contributed by atoms with Crippen LogP contribution in [-0.2, 0) is 4.79 Å². The van der Waals surface area contributed by atoms with Crippen LogP contribution in [-0.4, -0.2) is 11.3 Å². The summed E-state index contributed by atoms with van der Waals surface area (Å²) in [5, 5.41) is 0. The summed E-state index contributed by atoms with van der Waals surface area (Å²) < 4.78 is 0. The molecule has 0 fully saturated rings. The van der Waals surface area contributed by atoms with E-state index in [2.05, 4.69) is 13.8 Å². The minimum atomic E-state index is -0.205. The molecule has 0 rings (SSSR count). The Balaban J connectivity index is 3.65. The lowest BCUT2D eigenvalue weighted by atomic mass is 9.93. The van der Waals surface area contributed by atoms with Gasteiger partial charge in [-0.3, -0.25) is 4.79 Å². The third kappa shape index (κ3) is 8.24. The Bertz CT molecular complexity index is 170. The molecule has 0 aliphatic carbocycles. The quantitative estimate of drug-likeness (QED) is 0.685. The van der Waals surface area contributed by atoms with Crippen LogP contribution in [0.25, 0.3) is 0 Å². The smallest absolute Gasteiger partial charge is 0.133 e. The standard InChI is InChI=1S/C12H25NO/c1-5-6-10(2)9-11(14)7-8-12(3,4)13/h10H,5-9,13H2,1-4H3. The van der Waals surface area contributed by atoms with E-state index in [9.17, 15) is 4.79 Å². The highest BCUT2D eigenvalue weighted by Crippen LogP contribution is 2.14. The fraction of sp³-hybridized carbons (Fsp3) is 0.917. The highest BCUT2D eigenvalue weighted by atomic mass is 16.1. The molecule has 0 heterocycles. The van der Waals surface area contributed by atoms with E-state index in [0.717, 1.165) is 25.7 Å². The summed E-state index contributed by atoms with van der Waals surface area (Å²) >= 11 is 0. The number of ketones is 1. The van der Waals surface area contributed by atoms with Crippen LogP contribution in [0.15, 0.2) is 0 Å². The molecule has 0 radical (unpaired) electrons. The molecule has 0 aromatic heterocycles. The summed E-state index contributed by atoms with van der Waals surface area (Å²) in [4.78, 5) is 11.5. The van der Waals surface area contributed by atoms with Gasteiger partial charge in [0.25, 0.3) is 0 Å². The van der Waals surface area contributed by atoms with Crippen LogP contribution in [0.5, 0.6) is 0 Å². The second kappa shape index (κ2) is 6.18. The van der Waals surface area contributed by atoms with Crippen molar-refractivity contribution in [3.05, 3.63) is 0 Å². The van der Waals surface area contributed by atoms with Crippen molar-refractivity contribution >= 4 is 5.78 Å². The Labute approximate surface area is 88.3 Å². The second-order valence-electron chi connectivity index (χ2n) is 5.13. The van der Waals surface area contributed by atoms with Crippen molar-refractivity contribution in [1.29, 1.82) is 0 Å². The fourth-order valence-corrected chi connectivity index (χ4v) is 1.55. The maximum atomic E-state index is 11.5. The summed E-state index contributed by atoms with van der Waals surface area (Å²) in [5.41, 5.74) is 5.62. The Morgan fingerprint density at radius 2 is 2.00 bits per heavy atom. The molecule has 2 nitrogen and oxygen atoms in total. The molecule has 84 valence electrons. The first-order valence-electron chi connectivity index (χ1n) is 5.65. The zero-order chi connectivity index (χ0) is 11.2. The highest BCUT2D eigenvalue weighted by molar-refractivity contribution is 5.78. The third-order valence-corrected chi connectivity index (χ3v) is 2.41. The van der Waals surface area contributed by atoms with Crippen LogP contribution in [0.1, 0.15) is 59.8 Å². The van der Waals surface area contributed by atoms with E-state index < -0.39 is 0 Å². The van der Waals surface area contributed by atoms with Gasteiger partial charge < -0.3 is 5.73 Å². The van der Waals surface area contributed by atoms with Gasteiger partial charge in [0, 0.05) is 18.4 Å². The van der Waals surface area contributed by atoms with Gasteiger partial charge >= 0.3 is 0 Å². The first kappa shape index (κ1) is 13.6. The second-order valence-corrected chi connectivity index (χ2v) is 5.13. The number of hydrogen-bond acceptors (Lipinski definition) is 2. The zero-order valence-electron chi connectivity index (χ0n) is 10.1. The molecule has 1 unspecified atom stereocenters. The third-order valence-electron chi connectivity index (χ3n) is 2.41. The maximum Gasteiger partial charge on any atom is 0.133 e. The molecule has 0 aliphatic rings. The van der Waals surface area contributed by atoms with Crippen LogP contribution in [0.2, 0.25) is 0 Å². The Hall–Kier alpha value is -0.370. The molecule has 0 bridgehead atoms. The molecule has 0 saturated carbocycles. The van der Waals surface area contributed by atoms with Crippen LogP contribution in [0.4, 0.5) is 0 Å². The molecule has 14 heavy (non-hydrogen) atoms. The minimum absolute atomic E-state index is 0.205. The van der Waals surface area contributed by atoms with Crippen molar-refractivity contribution in [2.75, 3.05) is 0 Å². The van der Waals surface area contributed by atoms with E-state index in [1.54, 1.807) is 0 Å². The van der Waals surface area contributed by atoms with Crippen molar-refractivity contribution in [1.82, 2.24) is 0 Å². The summed E-state index contributed by atoms with van der Waals surface area (Å²) in [6, 6.07) is 0. The summed E-state index contributed by atoms with van der Waals surface area (Å²) in [5.74, 6) is 0.901. The lowest BCUT2D eigenvalue weighted by Gasteiger charge is -2.18.